The highest BCUT2D eigenvalue weighted by Crippen LogP contribution is 2.18. The van der Waals surface area contributed by atoms with E-state index in [0.29, 0.717) is 12.2 Å². The molecule has 0 radical (unpaired) electrons. The SMILES string of the molecule is Cc1cc(C(=O)N(Cc2nccs2)[C@H](C)CCc2ccccc2)n(C)n1. The average molecular weight is 369 g/mol. The van der Waals surface area contributed by atoms with E-state index in [-0.39, 0.29) is 11.9 Å². The molecule has 3 rings (SSSR count). The predicted octanol–water partition coefficient (Wildman–Crippen LogP) is 3.85. The molecule has 26 heavy (non-hydrogen) atoms. The Morgan fingerprint density at radius 2 is 2.08 bits per heavy atom. The van der Waals surface area contributed by atoms with Crippen molar-refractivity contribution in [2.75, 3.05) is 0 Å². The minimum Gasteiger partial charge on any atom is -0.328 e. The Hall–Kier alpha value is -2.47. The van der Waals surface area contributed by atoms with Gasteiger partial charge >= 0.3 is 0 Å². The van der Waals surface area contributed by atoms with Crippen molar-refractivity contribution in [1.82, 2.24) is 19.7 Å². The summed E-state index contributed by atoms with van der Waals surface area (Å²) in [6, 6.07) is 12.3. The van der Waals surface area contributed by atoms with E-state index in [1.54, 1.807) is 22.2 Å². The Labute approximate surface area is 158 Å². The topological polar surface area (TPSA) is 51.0 Å². The molecule has 1 aromatic carbocycles. The molecule has 0 aliphatic rings. The van der Waals surface area contributed by atoms with Crippen LogP contribution in [0.15, 0.2) is 48.0 Å². The lowest BCUT2D eigenvalue weighted by Crippen LogP contribution is -2.39. The van der Waals surface area contributed by atoms with Crippen LogP contribution in [0.2, 0.25) is 0 Å². The van der Waals surface area contributed by atoms with Gasteiger partial charge in [-0.25, -0.2) is 4.98 Å². The molecule has 0 aliphatic carbocycles. The molecule has 0 aliphatic heterocycles. The second-order valence-corrected chi connectivity index (χ2v) is 7.51. The fourth-order valence-electron chi connectivity index (χ4n) is 3.04. The first-order chi connectivity index (χ1) is 12.5. The second-order valence-electron chi connectivity index (χ2n) is 6.53. The van der Waals surface area contributed by atoms with Gasteiger partial charge in [-0.15, -0.1) is 11.3 Å². The van der Waals surface area contributed by atoms with E-state index >= 15 is 0 Å². The van der Waals surface area contributed by atoms with Crippen molar-refractivity contribution < 1.29 is 4.79 Å². The number of rotatable bonds is 7. The van der Waals surface area contributed by atoms with Gasteiger partial charge in [-0.3, -0.25) is 9.48 Å². The summed E-state index contributed by atoms with van der Waals surface area (Å²) in [4.78, 5) is 19.5. The average Bonchev–Trinajstić information content (AvgIpc) is 3.27. The summed E-state index contributed by atoms with van der Waals surface area (Å²) in [7, 11) is 1.82. The van der Waals surface area contributed by atoms with Gasteiger partial charge in [0.15, 0.2) is 0 Å². The van der Waals surface area contributed by atoms with Gasteiger partial charge in [0, 0.05) is 24.7 Å². The minimum absolute atomic E-state index is 0.00358. The van der Waals surface area contributed by atoms with Crippen molar-refractivity contribution in [3.63, 3.8) is 0 Å². The molecular formula is C20H24N4OS. The molecule has 6 heteroatoms. The van der Waals surface area contributed by atoms with Crippen molar-refractivity contribution in [2.45, 2.75) is 39.3 Å². The molecule has 0 unspecified atom stereocenters. The van der Waals surface area contributed by atoms with Gasteiger partial charge in [0.05, 0.1) is 12.2 Å². The number of aromatic nitrogens is 3. The molecular weight excluding hydrogens is 344 g/mol. The van der Waals surface area contributed by atoms with E-state index in [0.717, 1.165) is 23.5 Å². The van der Waals surface area contributed by atoms with E-state index < -0.39 is 0 Å². The van der Waals surface area contributed by atoms with Gasteiger partial charge in [0.2, 0.25) is 0 Å². The number of hydrogen-bond acceptors (Lipinski definition) is 4. The standard InChI is InChI=1S/C20H24N4OS/c1-15-13-18(23(3)22-15)20(25)24(14-19-21-11-12-26-19)16(2)9-10-17-7-5-4-6-8-17/h4-8,11-13,16H,9-10,14H2,1-3H3/t16-/m1/s1. The Kier molecular flexibility index (Phi) is 5.83. The monoisotopic (exact) mass is 368 g/mol. The van der Waals surface area contributed by atoms with Gasteiger partial charge in [-0.1, -0.05) is 30.3 Å². The lowest BCUT2D eigenvalue weighted by Gasteiger charge is -2.28. The molecule has 5 nitrogen and oxygen atoms in total. The van der Waals surface area contributed by atoms with E-state index in [2.05, 4.69) is 41.3 Å². The van der Waals surface area contributed by atoms with Crippen LogP contribution >= 0.6 is 11.3 Å². The highest BCUT2D eigenvalue weighted by Gasteiger charge is 2.25. The van der Waals surface area contributed by atoms with E-state index in [9.17, 15) is 4.79 Å². The normalized spacial score (nSPS) is 12.1. The first-order valence-electron chi connectivity index (χ1n) is 8.78. The molecule has 3 aromatic rings. The van der Waals surface area contributed by atoms with E-state index in [4.69, 9.17) is 0 Å². The van der Waals surface area contributed by atoms with Crippen LogP contribution in [-0.4, -0.2) is 31.6 Å². The number of thiazole rings is 1. The number of nitrogens with zero attached hydrogens (tertiary/aromatic N) is 4. The highest BCUT2D eigenvalue weighted by molar-refractivity contribution is 7.09. The lowest BCUT2D eigenvalue weighted by molar-refractivity contribution is 0.0656. The van der Waals surface area contributed by atoms with Crippen molar-refractivity contribution in [1.29, 1.82) is 0 Å². The zero-order valence-electron chi connectivity index (χ0n) is 15.4. The summed E-state index contributed by atoms with van der Waals surface area (Å²) in [5, 5.41) is 7.21. The van der Waals surface area contributed by atoms with Crippen molar-refractivity contribution in [3.05, 3.63) is 69.9 Å². The third-order valence-corrected chi connectivity index (χ3v) is 5.26. The van der Waals surface area contributed by atoms with E-state index in [1.807, 2.05) is 36.4 Å². The summed E-state index contributed by atoms with van der Waals surface area (Å²) < 4.78 is 1.66. The molecule has 0 bridgehead atoms. The molecule has 0 saturated heterocycles. The summed E-state index contributed by atoms with van der Waals surface area (Å²) >= 11 is 1.58. The highest BCUT2D eigenvalue weighted by atomic mass is 32.1. The number of benzene rings is 1. The smallest absolute Gasteiger partial charge is 0.272 e. The molecule has 0 fully saturated rings. The number of carbonyl (C=O) groups is 1. The molecule has 0 N–H and O–H groups in total. The number of amides is 1. The van der Waals surface area contributed by atoms with Gasteiger partial charge < -0.3 is 4.90 Å². The molecule has 0 spiro atoms. The maximum atomic E-state index is 13.2. The lowest BCUT2D eigenvalue weighted by atomic mass is 10.0. The molecule has 1 atom stereocenters. The molecule has 136 valence electrons. The molecule has 1 amide bonds. The van der Waals surface area contributed by atoms with Gasteiger partial charge in [-0.05, 0) is 38.3 Å². The third kappa shape index (κ3) is 4.38. The largest absolute Gasteiger partial charge is 0.328 e. The summed E-state index contributed by atoms with van der Waals surface area (Å²) in [6.07, 6.45) is 3.62. The maximum Gasteiger partial charge on any atom is 0.272 e. The Balaban J connectivity index is 1.78. The Morgan fingerprint density at radius 3 is 2.69 bits per heavy atom. The number of hydrogen-bond donors (Lipinski definition) is 0. The van der Waals surface area contributed by atoms with Crippen LogP contribution < -0.4 is 0 Å². The first kappa shape index (κ1) is 18.3. The summed E-state index contributed by atoms with van der Waals surface area (Å²) in [5.74, 6) is 0.00358. The third-order valence-electron chi connectivity index (χ3n) is 4.50. The van der Waals surface area contributed by atoms with Crippen LogP contribution in [0.25, 0.3) is 0 Å². The van der Waals surface area contributed by atoms with Crippen LogP contribution in [0, 0.1) is 6.92 Å². The second kappa shape index (κ2) is 8.27. The van der Waals surface area contributed by atoms with Crippen LogP contribution in [0.3, 0.4) is 0 Å². The summed E-state index contributed by atoms with van der Waals surface area (Å²) in [5.41, 5.74) is 2.75. The van der Waals surface area contributed by atoms with Crippen LogP contribution in [0.4, 0.5) is 0 Å². The molecule has 2 heterocycles. The number of carbonyl (C=O) groups excluding carboxylic acids is 1. The predicted molar refractivity (Wildman–Crippen MR) is 104 cm³/mol. The quantitative estimate of drug-likeness (QED) is 0.636. The van der Waals surface area contributed by atoms with Crippen molar-refractivity contribution in [2.24, 2.45) is 7.05 Å². The summed E-state index contributed by atoms with van der Waals surface area (Å²) in [6.45, 7) is 4.54. The van der Waals surface area contributed by atoms with E-state index in [1.165, 1.54) is 5.56 Å². The Bertz CT molecular complexity index is 842. The van der Waals surface area contributed by atoms with Crippen LogP contribution in [0.1, 0.15) is 40.1 Å². The van der Waals surface area contributed by atoms with Gasteiger partial charge in [0.25, 0.3) is 5.91 Å². The van der Waals surface area contributed by atoms with Crippen molar-refractivity contribution >= 4 is 17.2 Å². The first-order valence-corrected chi connectivity index (χ1v) is 9.66. The minimum atomic E-state index is 0.00358. The maximum absolute atomic E-state index is 13.2. The van der Waals surface area contributed by atoms with Crippen LogP contribution in [0.5, 0.6) is 0 Å². The van der Waals surface area contributed by atoms with Crippen molar-refractivity contribution in [3.8, 4) is 0 Å². The fraction of sp³-hybridized carbons (Fsp3) is 0.350. The number of aryl methyl sites for hydroxylation is 3. The molecule has 0 saturated carbocycles. The van der Waals surface area contributed by atoms with Gasteiger partial charge in [-0.2, -0.15) is 5.10 Å². The van der Waals surface area contributed by atoms with Crippen LogP contribution in [-0.2, 0) is 20.0 Å². The zero-order chi connectivity index (χ0) is 18.5. The fourth-order valence-corrected chi connectivity index (χ4v) is 3.65. The zero-order valence-corrected chi connectivity index (χ0v) is 16.2. The molecule has 2 aromatic heterocycles. The van der Waals surface area contributed by atoms with Gasteiger partial charge in [0.1, 0.15) is 10.7 Å². The Morgan fingerprint density at radius 1 is 1.31 bits per heavy atom.